The normalized spacial score (nSPS) is 12.0. The molecule has 0 aliphatic rings. The van der Waals surface area contributed by atoms with Crippen molar-refractivity contribution in [2.75, 3.05) is 0 Å². The average Bonchev–Trinajstić information content (AvgIpc) is 2.73. The summed E-state index contributed by atoms with van der Waals surface area (Å²) >= 11 is 0. The maximum absolute atomic E-state index is 12.3. The molecule has 0 radical (unpaired) electrons. The molecule has 6 nitrogen and oxygen atoms in total. The first-order valence-corrected chi connectivity index (χ1v) is 8.91. The number of carbonyl (C=O) groups is 1. The van der Waals surface area contributed by atoms with Crippen molar-refractivity contribution in [1.82, 2.24) is 10.3 Å². The summed E-state index contributed by atoms with van der Waals surface area (Å²) in [4.78, 5) is 28.4. The Kier molecular flexibility index (Phi) is 4.76. The van der Waals surface area contributed by atoms with Crippen LogP contribution in [0.3, 0.4) is 0 Å². The van der Waals surface area contributed by atoms with Crippen LogP contribution in [0.25, 0.3) is 21.7 Å². The molecule has 1 amide bonds. The minimum absolute atomic E-state index is 0.239. The van der Waals surface area contributed by atoms with Crippen LogP contribution in [-0.4, -0.2) is 17.0 Å². The van der Waals surface area contributed by atoms with Gasteiger partial charge in [0.2, 0.25) is 0 Å². The van der Waals surface area contributed by atoms with E-state index in [9.17, 15) is 9.59 Å². The van der Waals surface area contributed by atoms with Crippen molar-refractivity contribution in [1.29, 1.82) is 0 Å². The fourth-order valence-corrected chi connectivity index (χ4v) is 3.02. The zero-order valence-electron chi connectivity index (χ0n) is 15.2. The summed E-state index contributed by atoms with van der Waals surface area (Å²) in [6, 6.07) is 16.2. The molecule has 0 aliphatic carbocycles. The lowest BCUT2D eigenvalue weighted by Crippen LogP contribution is -2.35. The van der Waals surface area contributed by atoms with Gasteiger partial charge in [-0.05, 0) is 48.2 Å². The molecule has 4 aromatic rings. The fourth-order valence-electron chi connectivity index (χ4n) is 3.02. The van der Waals surface area contributed by atoms with Crippen LogP contribution in [0.15, 0.2) is 76.2 Å². The second kappa shape index (κ2) is 7.52. The lowest BCUT2D eigenvalue weighted by atomic mass is 10.1. The van der Waals surface area contributed by atoms with Gasteiger partial charge in [0.1, 0.15) is 11.3 Å². The largest absolute Gasteiger partial charge is 0.481 e. The Hall–Kier alpha value is -3.67. The highest BCUT2D eigenvalue weighted by Gasteiger charge is 2.15. The summed E-state index contributed by atoms with van der Waals surface area (Å²) < 4.78 is 11.2. The zero-order valence-corrected chi connectivity index (χ0v) is 15.2. The molecule has 2 aromatic heterocycles. The van der Waals surface area contributed by atoms with Crippen LogP contribution in [0, 0.1) is 0 Å². The molecule has 1 atom stereocenters. The van der Waals surface area contributed by atoms with Crippen LogP contribution < -0.4 is 15.7 Å². The Morgan fingerprint density at radius 1 is 1.07 bits per heavy atom. The quantitative estimate of drug-likeness (QED) is 0.428. The number of rotatable bonds is 5. The maximum Gasteiger partial charge on any atom is 0.344 e. The van der Waals surface area contributed by atoms with Crippen molar-refractivity contribution in [3.63, 3.8) is 0 Å². The van der Waals surface area contributed by atoms with Crippen LogP contribution >= 0.6 is 0 Å². The van der Waals surface area contributed by atoms with E-state index in [1.165, 1.54) is 0 Å². The Balaban J connectivity index is 1.52. The van der Waals surface area contributed by atoms with Gasteiger partial charge < -0.3 is 14.5 Å². The van der Waals surface area contributed by atoms with E-state index in [0.717, 1.165) is 16.3 Å². The van der Waals surface area contributed by atoms with E-state index in [1.54, 1.807) is 43.6 Å². The number of nitrogens with one attached hydrogen (secondary N) is 1. The smallest absolute Gasteiger partial charge is 0.344 e. The molecule has 0 spiro atoms. The van der Waals surface area contributed by atoms with Crippen molar-refractivity contribution in [2.24, 2.45) is 0 Å². The van der Waals surface area contributed by atoms with E-state index in [1.807, 2.05) is 30.3 Å². The Labute approximate surface area is 160 Å². The number of carbonyl (C=O) groups excluding carboxylic acids is 1. The number of hydrogen-bond acceptors (Lipinski definition) is 5. The summed E-state index contributed by atoms with van der Waals surface area (Å²) in [5.74, 6) is 0.217. The third-order valence-electron chi connectivity index (χ3n) is 4.49. The molecule has 0 saturated heterocycles. The number of aromatic nitrogens is 1. The summed E-state index contributed by atoms with van der Waals surface area (Å²) in [7, 11) is 0. The van der Waals surface area contributed by atoms with E-state index in [4.69, 9.17) is 9.15 Å². The highest BCUT2D eigenvalue weighted by molar-refractivity contribution is 6.04. The van der Waals surface area contributed by atoms with Crippen molar-refractivity contribution < 1.29 is 13.9 Å². The Morgan fingerprint density at radius 3 is 2.61 bits per heavy atom. The van der Waals surface area contributed by atoms with Crippen molar-refractivity contribution in [3.05, 3.63) is 83.0 Å². The first-order valence-electron chi connectivity index (χ1n) is 8.91. The van der Waals surface area contributed by atoms with Crippen molar-refractivity contribution in [2.45, 2.75) is 19.6 Å². The second-order valence-corrected chi connectivity index (χ2v) is 6.43. The molecule has 140 valence electrons. The molecule has 0 saturated carbocycles. The average molecular weight is 374 g/mol. The zero-order chi connectivity index (χ0) is 19.5. The van der Waals surface area contributed by atoms with E-state index < -0.39 is 11.7 Å². The fraction of sp³-hybridized carbons (Fsp3) is 0.136. The van der Waals surface area contributed by atoms with Gasteiger partial charge in [0.25, 0.3) is 5.91 Å². The number of pyridine rings is 1. The third-order valence-corrected chi connectivity index (χ3v) is 4.49. The van der Waals surface area contributed by atoms with Gasteiger partial charge in [0.05, 0.1) is 5.39 Å². The SMILES string of the molecule is C[C@@H](Oc1ccc2c(c1)oc(=O)c1ccccc12)C(=O)NCc1ccncc1. The lowest BCUT2D eigenvalue weighted by molar-refractivity contribution is -0.127. The van der Waals surface area contributed by atoms with E-state index >= 15 is 0 Å². The predicted molar refractivity (Wildman–Crippen MR) is 106 cm³/mol. The highest BCUT2D eigenvalue weighted by atomic mass is 16.5. The molecule has 2 aromatic carbocycles. The minimum Gasteiger partial charge on any atom is -0.481 e. The molecule has 6 heteroatoms. The Bertz CT molecular complexity index is 1200. The first-order chi connectivity index (χ1) is 13.6. The first kappa shape index (κ1) is 17.7. The molecule has 0 bridgehead atoms. The van der Waals surface area contributed by atoms with Gasteiger partial charge in [0, 0.05) is 30.4 Å². The van der Waals surface area contributed by atoms with Gasteiger partial charge in [-0.3, -0.25) is 9.78 Å². The number of nitrogens with zero attached hydrogens (tertiary/aromatic N) is 1. The third kappa shape index (κ3) is 3.57. The van der Waals surface area contributed by atoms with Crippen LogP contribution in [0.2, 0.25) is 0 Å². The lowest BCUT2D eigenvalue weighted by Gasteiger charge is -2.15. The molecule has 1 N–H and O–H groups in total. The van der Waals surface area contributed by atoms with Gasteiger partial charge in [-0.25, -0.2) is 4.79 Å². The number of ether oxygens (including phenoxy) is 1. The van der Waals surface area contributed by atoms with Crippen LogP contribution in [0.1, 0.15) is 12.5 Å². The maximum atomic E-state index is 12.3. The van der Waals surface area contributed by atoms with Gasteiger partial charge >= 0.3 is 5.63 Å². The van der Waals surface area contributed by atoms with E-state index in [-0.39, 0.29) is 5.91 Å². The van der Waals surface area contributed by atoms with E-state index in [0.29, 0.717) is 23.3 Å². The molecule has 0 unspecified atom stereocenters. The topological polar surface area (TPSA) is 81.4 Å². The summed E-state index contributed by atoms with van der Waals surface area (Å²) in [6.45, 7) is 2.07. The summed E-state index contributed by atoms with van der Waals surface area (Å²) in [5, 5.41) is 5.00. The molecule has 0 fully saturated rings. The van der Waals surface area contributed by atoms with E-state index in [2.05, 4.69) is 10.3 Å². The minimum atomic E-state index is -0.702. The molecule has 28 heavy (non-hydrogen) atoms. The van der Waals surface area contributed by atoms with Gasteiger partial charge in [-0.1, -0.05) is 18.2 Å². The predicted octanol–water partition coefficient (Wildman–Crippen LogP) is 3.42. The highest BCUT2D eigenvalue weighted by Crippen LogP contribution is 2.26. The monoisotopic (exact) mass is 374 g/mol. The summed E-state index contributed by atoms with van der Waals surface area (Å²) in [6.07, 6.45) is 2.65. The van der Waals surface area contributed by atoms with Crippen LogP contribution in [0.4, 0.5) is 0 Å². The van der Waals surface area contributed by atoms with Crippen molar-refractivity contribution in [3.8, 4) is 5.75 Å². The molecule has 2 heterocycles. The Morgan fingerprint density at radius 2 is 1.82 bits per heavy atom. The number of hydrogen-bond donors (Lipinski definition) is 1. The molecular formula is C22H18N2O4. The van der Waals surface area contributed by atoms with Gasteiger partial charge in [0.15, 0.2) is 6.10 Å². The van der Waals surface area contributed by atoms with Gasteiger partial charge in [-0.2, -0.15) is 0 Å². The second-order valence-electron chi connectivity index (χ2n) is 6.43. The van der Waals surface area contributed by atoms with Gasteiger partial charge in [-0.15, -0.1) is 0 Å². The molecule has 0 aliphatic heterocycles. The summed E-state index contributed by atoms with van der Waals surface area (Å²) in [5.41, 5.74) is 0.976. The van der Waals surface area contributed by atoms with Crippen LogP contribution in [0.5, 0.6) is 5.75 Å². The number of benzene rings is 2. The van der Waals surface area contributed by atoms with Crippen molar-refractivity contribution >= 4 is 27.6 Å². The number of amides is 1. The molecular weight excluding hydrogens is 356 g/mol. The standard InChI is InChI=1S/C22H18N2O4/c1-14(21(25)24-13-15-8-10-23-11-9-15)27-16-6-7-18-17-4-2-3-5-19(17)22(26)28-20(18)12-16/h2-12,14H,13H2,1H3,(H,24,25)/t14-/m1/s1. The molecule has 4 rings (SSSR count). The van der Waals surface area contributed by atoms with Crippen LogP contribution in [-0.2, 0) is 11.3 Å². The number of fused-ring (bicyclic) bond motifs is 3.